The molecule has 2 aromatic carbocycles. The lowest BCUT2D eigenvalue weighted by Gasteiger charge is -2.07. The first-order chi connectivity index (χ1) is 12.4. The zero-order valence-corrected chi connectivity index (χ0v) is 13.9. The van der Waals surface area contributed by atoms with Crippen LogP contribution in [0.25, 0.3) is 11.0 Å². The van der Waals surface area contributed by atoms with Gasteiger partial charge in [-0.15, -0.1) is 0 Å². The van der Waals surface area contributed by atoms with Crippen LogP contribution in [-0.4, -0.2) is 19.4 Å². The third-order valence-electron chi connectivity index (χ3n) is 4.53. The number of nitro groups is 2. The van der Waals surface area contributed by atoms with Crippen LogP contribution in [0.1, 0.15) is 24.6 Å². The summed E-state index contributed by atoms with van der Waals surface area (Å²) in [6.07, 6.45) is 2.30. The monoisotopic (exact) mass is 353 g/mol. The van der Waals surface area contributed by atoms with Gasteiger partial charge in [0.25, 0.3) is 11.4 Å². The van der Waals surface area contributed by atoms with Crippen LogP contribution in [0, 0.1) is 20.2 Å². The van der Waals surface area contributed by atoms with Crippen molar-refractivity contribution in [3.63, 3.8) is 0 Å². The molecule has 1 aliphatic carbocycles. The number of nitrogens with one attached hydrogen (secondary N) is 1. The van der Waals surface area contributed by atoms with Crippen molar-refractivity contribution in [2.24, 2.45) is 7.05 Å². The topological polar surface area (TPSA) is 116 Å². The lowest BCUT2D eigenvalue weighted by molar-refractivity contribution is -0.393. The van der Waals surface area contributed by atoms with Gasteiger partial charge in [0.15, 0.2) is 0 Å². The van der Waals surface area contributed by atoms with Crippen LogP contribution in [0.3, 0.4) is 0 Å². The van der Waals surface area contributed by atoms with Crippen LogP contribution in [0.4, 0.5) is 22.7 Å². The van der Waals surface area contributed by atoms with Gasteiger partial charge in [-0.05, 0) is 37.1 Å². The Labute approximate surface area is 147 Å². The molecule has 0 radical (unpaired) electrons. The molecule has 0 spiro atoms. The predicted octanol–water partition coefficient (Wildman–Crippen LogP) is 4.01. The molecule has 1 aliphatic rings. The van der Waals surface area contributed by atoms with E-state index >= 15 is 0 Å². The standard InChI is InChI=1S/C17H15N5O4/c1-20-15-7-4-11(8-14(15)19-17(20)10-2-3-10)18-13-6-5-12(21(23)24)9-16(13)22(25)26/h4-10,18H,2-3H2,1H3. The summed E-state index contributed by atoms with van der Waals surface area (Å²) in [5.74, 6) is 1.57. The number of anilines is 2. The molecule has 9 heteroatoms. The van der Waals surface area contributed by atoms with Crippen molar-refractivity contribution in [1.29, 1.82) is 0 Å². The number of imidazole rings is 1. The molecular formula is C17H15N5O4. The first-order valence-electron chi connectivity index (χ1n) is 8.10. The molecule has 1 saturated carbocycles. The summed E-state index contributed by atoms with van der Waals surface area (Å²) in [5, 5.41) is 25.1. The maximum atomic E-state index is 11.3. The molecule has 1 N–H and O–H groups in total. The Balaban J connectivity index is 1.70. The van der Waals surface area contributed by atoms with Gasteiger partial charge in [-0.3, -0.25) is 20.2 Å². The van der Waals surface area contributed by atoms with Gasteiger partial charge in [-0.25, -0.2) is 4.98 Å². The smallest absolute Gasteiger partial charge is 0.299 e. The molecule has 1 fully saturated rings. The van der Waals surface area contributed by atoms with E-state index in [-0.39, 0.29) is 17.1 Å². The number of nitrogens with zero attached hydrogens (tertiary/aromatic N) is 4. The fourth-order valence-corrected chi connectivity index (χ4v) is 3.05. The van der Waals surface area contributed by atoms with Gasteiger partial charge in [0.2, 0.25) is 0 Å². The summed E-state index contributed by atoms with van der Waals surface area (Å²) in [6.45, 7) is 0. The molecule has 0 amide bonds. The van der Waals surface area contributed by atoms with E-state index in [4.69, 9.17) is 0 Å². The molecule has 26 heavy (non-hydrogen) atoms. The molecule has 4 rings (SSSR count). The zero-order chi connectivity index (χ0) is 18.4. The van der Waals surface area contributed by atoms with Crippen molar-refractivity contribution in [1.82, 2.24) is 9.55 Å². The Hall–Kier alpha value is -3.49. The lowest BCUT2D eigenvalue weighted by atomic mass is 10.2. The quantitative estimate of drug-likeness (QED) is 0.547. The van der Waals surface area contributed by atoms with Crippen LogP contribution >= 0.6 is 0 Å². The van der Waals surface area contributed by atoms with E-state index in [2.05, 4.69) is 14.9 Å². The average Bonchev–Trinajstić information content (AvgIpc) is 3.39. The summed E-state index contributed by atoms with van der Waals surface area (Å²) in [7, 11) is 1.98. The molecule has 3 aromatic rings. The van der Waals surface area contributed by atoms with E-state index in [1.54, 1.807) is 0 Å². The van der Waals surface area contributed by atoms with Crippen molar-refractivity contribution in [3.8, 4) is 0 Å². The molecule has 0 aliphatic heterocycles. The minimum absolute atomic E-state index is 0.193. The third kappa shape index (κ3) is 2.73. The predicted molar refractivity (Wildman–Crippen MR) is 95.7 cm³/mol. The second-order valence-corrected chi connectivity index (χ2v) is 6.35. The van der Waals surface area contributed by atoms with E-state index < -0.39 is 9.85 Å². The van der Waals surface area contributed by atoms with Crippen LogP contribution in [-0.2, 0) is 7.05 Å². The number of hydrogen-bond donors (Lipinski definition) is 1. The maximum Gasteiger partial charge on any atom is 0.299 e. The number of benzene rings is 2. The largest absolute Gasteiger partial charge is 0.350 e. The third-order valence-corrected chi connectivity index (χ3v) is 4.53. The Morgan fingerprint density at radius 2 is 1.88 bits per heavy atom. The fourth-order valence-electron chi connectivity index (χ4n) is 3.05. The molecule has 9 nitrogen and oxygen atoms in total. The van der Waals surface area contributed by atoms with Crippen molar-refractivity contribution in [2.45, 2.75) is 18.8 Å². The normalized spacial score (nSPS) is 13.7. The Kier molecular flexibility index (Phi) is 3.57. The van der Waals surface area contributed by atoms with Gasteiger partial charge >= 0.3 is 0 Å². The number of aromatic nitrogens is 2. The van der Waals surface area contributed by atoms with Gasteiger partial charge in [0, 0.05) is 24.7 Å². The number of aryl methyl sites for hydroxylation is 1. The van der Waals surface area contributed by atoms with Crippen molar-refractivity contribution in [2.75, 3.05) is 5.32 Å². The molecule has 1 aromatic heterocycles. The van der Waals surface area contributed by atoms with Crippen LogP contribution in [0.2, 0.25) is 0 Å². The summed E-state index contributed by atoms with van der Waals surface area (Å²) < 4.78 is 2.07. The molecule has 0 atom stereocenters. The van der Waals surface area contributed by atoms with Crippen LogP contribution < -0.4 is 5.32 Å². The summed E-state index contributed by atoms with van der Waals surface area (Å²) in [5.41, 5.74) is 1.96. The highest BCUT2D eigenvalue weighted by Gasteiger charge is 2.28. The molecule has 132 valence electrons. The highest BCUT2D eigenvalue weighted by molar-refractivity contribution is 5.83. The van der Waals surface area contributed by atoms with Gasteiger partial charge in [-0.2, -0.15) is 0 Å². The van der Waals surface area contributed by atoms with E-state index in [1.165, 1.54) is 12.1 Å². The zero-order valence-electron chi connectivity index (χ0n) is 13.9. The van der Waals surface area contributed by atoms with Crippen molar-refractivity contribution < 1.29 is 9.85 Å². The summed E-state index contributed by atoms with van der Waals surface area (Å²) >= 11 is 0. The van der Waals surface area contributed by atoms with Crippen LogP contribution in [0.5, 0.6) is 0 Å². The minimum atomic E-state index is -0.657. The number of hydrogen-bond acceptors (Lipinski definition) is 6. The SMILES string of the molecule is Cn1c(C2CC2)nc2cc(Nc3ccc([N+](=O)[O-])cc3[N+](=O)[O-])ccc21. The maximum absolute atomic E-state index is 11.3. The minimum Gasteiger partial charge on any atom is -0.350 e. The van der Waals surface area contributed by atoms with Crippen molar-refractivity contribution >= 4 is 33.8 Å². The second-order valence-electron chi connectivity index (χ2n) is 6.35. The average molecular weight is 353 g/mol. The molecule has 1 heterocycles. The number of rotatable bonds is 5. The summed E-state index contributed by atoms with van der Waals surface area (Å²) in [4.78, 5) is 25.5. The first kappa shape index (κ1) is 16.0. The highest BCUT2D eigenvalue weighted by atomic mass is 16.6. The molecule has 0 bridgehead atoms. The number of non-ortho nitro benzene ring substituents is 1. The first-order valence-corrected chi connectivity index (χ1v) is 8.10. The lowest BCUT2D eigenvalue weighted by Crippen LogP contribution is -1.99. The Morgan fingerprint density at radius 1 is 1.12 bits per heavy atom. The fraction of sp³-hybridized carbons (Fsp3) is 0.235. The molecule has 0 saturated heterocycles. The van der Waals surface area contributed by atoms with Crippen LogP contribution in [0.15, 0.2) is 36.4 Å². The van der Waals surface area contributed by atoms with Gasteiger partial charge in [0.05, 0.1) is 26.9 Å². The Bertz CT molecular complexity index is 1050. The highest BCUT2D eigenvalue weighted by Crippen LogP contribution is 2.40. The van der Waals surface area contributed by atoms with E-state index in [9.17, 15) is 20.2 Å². The van der Waals surface area contributed by atoms with E-state index in [1.807, 2.05) is 25.2 Å². The Morgan fingerprint density at radius 3 is 2.54 bits per heavy atom. The number of fused-ring (bicyclic) bond motifs is 1. The van der Waals surface area contributed by atoms with E-state index in [0.29, 0.717) is 11.6 Å². The van der Waals surface area contributed by atoms with Gasteiger partial charge < -0.3 is 9.88 Å². The second kappa shape index (κ2) is 5.80. The molecular weight excluding hydrogens is 338 g/mol. The van der Waals surface area contributed by atoms with E-state index in [0.717, 1.165) is 35.8 Å². The number of nitro benzene ring substituents is 2. The summed E-state index contributed by atoms with van der Waals surface area (Å²) in [6, 6.07) is 9.08. The van der Waals surface area contributed by atoms with Crippen molar-refractivity contribution in [3.05, 3.63) is 62.5 Å². The molecule has 0 unspecified atom stereocenters. The van der Waals surface area contributed by atoms with Gasteiger partial charge in [0.1, 0.15) is 11.5 Å². The van der Waals surface area contributed by atoms with Gasteiger partial charge in [-0.1, -0.05) is 0 Å².